The molecular weight excluding hydrogens is 357 g/mol. The van der Waals surface area contributed by atoms with E-state index in [2.05, 4.69) is 14.9 Å². The number of halogens is 1. The maximum atomic E-state index is 14.1. The topological polar surface area (TPSA) is 75.4 Å². The largest absolute Gasteiger partial charge is 0.355 e. The van der Waals surface area contributed by atoms with Crippen molar-refractivity contribution in [1.29, 1.82) is 0 Å². The van der Waals surface area contributed by atoms with Crippen molar-refractivity contribution in [3.63, 3.8) is 0 Å². The quantitative estimate of drug-likeness (QED) is 0.859. The fraction of sp³-hybridized carbons (Fsp3) is 0.476. The van der Waals surface area contributed by atoms with Crippen molar-refractivity contribution in [2.24, 2.45) is 5.73 Å². The average Bonchev–Trinajstić information content (AvgIpc) is 3.43. The van der Waals surface area contributed by atoms with E-state index in [-0.39, 0.29) is 36.2 Å². The molecule has 2 fully saturated rings. The molecule has 2 aromatic rings. The Morgan fingerprint density at radius 1 is 1.25 bits per heavy atom. The number of rotatable bonds is 5. The third kappa shape index (κ3) is 3.71. The Labute approximate surface area is 164 Å². The molecular formula is C21H26FN5O. The molecule has 1 aromatic heterocycles. The molecule has 1 aliphatic carbocycles. The van der Waals surface area contributed by atoms with Gasteiger partial charge in [0, 0.05) is 48.5 Å². The first-order valence-electron chi connectivity index (χ1n) is 9.84. The van der Waals surface area contributed by atoms with Gasteiger partial charge in [0.05, 0.1) is 0 Å². The number of benzene rings is 1. The Morgan fingerprint density at radius 2 is 2.00 bits per heavy atom. The van der Waals surface area contributed by atoms with E-state index < -0.39 is 0 Å². The highest BCUT2D eigenvalue weighted by Crippen LogP contribution is 2.31. The van der Waals surface area contributed by atoms with Crippen molar-refractivity contribution in [2.75, 3.05) is 18.0 Å². The lowest BCUT2D eigenvalue weighted by molar-refractivity contribution is 0.0715. The van der Waals surface area contributed by atoms with Crippen molar-refractivity contribution in [3.05, 3.63) is 52.7 Å². The molecule has 1 aromatic carbocycles. The zero-order valence-electron chi connectivity index (χ0n) is 16.4. The molecule has 148 valence electrons. The first-order valence-corrected chi connectivity index (χ1v) is 9.84. The van der Waals surface area contributed by atoms with Crippen LogP contribution in [0.25, 0.3) is 0 Å². The minimum Gasteiger partial charge on any atom is -0.355 e. The second-order valence-corrected chi connectivity index (χ2v) is 7.83. The van der Waals surface area contributed by atoms with Gasteiger partial charge in [-0.05, 0) is 39.2 Å². The van der Waals surface area contributed by atoms with Gasteiger partial charge in [0.25, 0.3) is 5.91 Å². The lowest BCUT2D eigenvalue weighted by Gasteiger charge is -2.24. The van der Waals surface area contributed by atoms with Gasteiger partial charge in [-0.25, -0.2) is 14.4 Å². The molecule has 2 aliphatic rings. The lowest BCUT2D eigenvalue weighted by atomic mass is 10.2. The van der Waals surface area contributed by atoms with E-state index in [0.717, 1.165) is 49.4 Å². The highest BCUT2D eigenvalue weighted by Gasteiger charge is 2.35. The number of anilines is 1. The fourth-order valence-electron chi connectivity index (χ4n) is 3.69. The average molecular weight is 383 g/mol. The molecule has 7 heteroatoms. The van der Waals surface area contributed by atoms with Crippen molar-refractivity contribution >= 4 is 11.7 Å². The van der Waals surface area contributed by atoms with E-state index in [1.807, 2.05) is 13.8 Å². The van der Waals surface area contributed by atoms with Crippen LogP contribution >= 0.6 is 0 Å². The molecule has 2 heterocycles. The van der Waals surface area contributed by atoms with E-state index >= 15 is 0 Å². The van der Waals surface area contributed by atoms with Gasteiger partial charge in [0.2, 0.25) is 5.82 Å². The Kier molecular flexibility index (Phi) is 5.02. The fourth-order valence-corrected chi connectivity index (χ4v) is 3.69. The second kappa shape index (κ2) is 7.47. The van der Waals surface area contributed by atoms with E-state index in [1.54, 1.807) is 23.1 Å². The zero-order valence-corrected chi connectivity index (χ0v) is 16.4. The molecule has 28 heavy (non-hydrogen) atoms. The Bertz CT molecular complexity index is 898. The number of hydrogen-bond donors (Lipinski definition) is 1. The maximum Gasteiger partial charge on any atom is 0.292 e. The summed E-state index contributed by atoms with van der Waals surface area (Å²) in [6, 6.07) is 6.83. The van der Waals surface area contributed by atoms with Crippen molar-refractivity contribution in [1.82, 2.24) is 14.9 Å². The Balaban J connectivity index is 1.64. The summed E-state index contributed by atoms with van der Waals surface area (Å²) in [5.74, 6) is 0.430. The van der Waals surface area contributed by atoms with E-state index in [9.17, 15) is 9.18 Å². The lowest BCUT2D eigenvalue weighted by Crippen LogP contribution is -2.35. The van der Waals surface area contributed by atoms with Crippen LogP contribution in [0.4, 0.5) is 10.2 Å². The number of amides is 1. The van der Waals surface area contributed by atoms with Crippen molar-refractivity contribution in [3.8, 4) is 0 Å². The summed E-state index contributed by atoms with van der Waals surface area (Å²) in [6.45, 7) is 5.66. The highest BCUT2D eigenvalue weighted by molar-refractivity contribution is 5.91. The van der Waals surface area contributed by atoms with Crippen LogP contribution in [0.2, 0.25) is 0 Å². The summed E-state index contributed by atoms with van der Waals surface area (Å²) in [4.78, 5) is 26.2. The Morgan fingerprint density at radius 3 is 2.64 bits per heavy atom. The molecule has 1 amide bonds. The molecule has 0 bridgehead atoms. The number of nitrogens with two attached hydrogens (primary N) is 1. The molecule has 1 atom stereocenters. The first kappa shape index (κ1) is 18.8. The maximum absolute atomic E-state index is 14.1. The van der Waals surface area contributed by atoms with Gasteiger partial charge in [-0.2, -0.15) is 0 Å². The van der Waals surface area contributed by atoms with Gasteiger partial charge in [0.15, 0.2) is 0 Å². The second-order valence-electron chi connectivity index (χ2n) is 7.83. The highest BCUT2D eigenvalue weighted by atomic mass is 19.1. The summed E-state index contributed by atoms with van der Waals surface area (Å²) in [5, 5.41) is 0. The minimum atomic E-state index is -0.298. The molecule has 1 saturated carbocycles. The summed E-state index contributed by atoms with van der Waals surface area (Å²) < 4.78 is 14.1. The zero-order chi connectivity index (χ0) is 19.8. The monoisotopic (exact) mass is 383 g/mol. The van der Waals surface area contributed by atoms with Gasteiger partial charge < -0.3 is 15.5 Å². The van der Waals surface area contributed by atoms with Crippen LogP contribution < -0.4 is 10.6 Å². The predicted molar refractivity (Wildman–Crippen MR) is 106 cm³/mol. The number of aromatic nitrogens is 2. The van der Waals surface area contributed by atoms with Crippen molar-refractivity contribution in [2.45, 2.75) is 51.7 Å². The molecule has 2 N–H and O–H groups in total. The number of aryl methyl sites for hydroxylation is 1. The van der Waals surface area contributed by atoms with E-state index in [0.29, 0.717) is 5.56 Å². The van der Waals surface area contributed by atoms with Gasteiger partial charge >= 0.3 is 0 Å². The minimum absolute atomic E-state index is 0.123. The molecule has 0 radical (unpaired) electrons. The van der Waals surface area contributed by atoms with Gasteiger partial charge in [-0.1, -0.05) is 18.2 Å². The normalized spacial score (nSPS) is 19.1. The number of nitrogens with zero attached hydrogens (tertiary/aromatic N) is 4. The van der Waals surface area contributed by atoms with Crippen LogP contribution in [0.3, 0.4) is 0 Å². The van der Waals surface area contributed by atoms with Gasteiger partial charge in [-0.15, -0.1) is 0 Å². The smallest absolute Gasteiger partial charge is 0.292 e. The van der Waals surface area contributed by atoms with Crippen LogP contribution in [-0.4, -0.2) is 45.9 Å². The molecule has 1 aliphatic heterocycles. The third-order valence-corrected chi connectivity index (χ3v) is 5.63. The van der Waals surface area contributed by atoms with Crippen LogP contribution in [0.5, 0.6) is 0 Å². The summed E-state index contributed by atoms with van der Waals surface area (Å²) in [6.07, 6.45) is 2.77. The molecule has 0 spiro atoms. The molecule has 6 nitrogen and oxygen atoms in total. The van der Waals surface area contributed by atoms with E-state index in [1.165, 1.54) is 6.07 Å². The molecule has 1 saturated heterocycles. The Hall–Kier alpha value is -2.54. The summed E-state index contributed by atoms with van der Waals surface area (Å²) in [7, 11) is 0. The van der Waals surface area contributed by atoms with Crippen LogP contribution in [0, 0.1) is 19.7 Å². The van der Waals surface area contributed by atoms with Crippen LogP contribution in [-0.2, 0) is 6.54 Å². The third-order valence-electron chi connectivity index (χ3n) is 5.63. The van der Waals surface area contributed by atoms with E-state index in [4.69, 9.17) is 5.73 Å². The van der Waals surface area contributed by atoms with Crippen LogP contribution in [0.15, 0.2) is 24.3 Å². The standard InChI is InChI=1S/C21H26FN5O/c1-13-14(2)24-19(25-20(13)26-10-9-16(23)12-26)21(28)27(17-7-8-17)11-15-5-3-4-6-18(15)22/h3-6,16-17H,7-12,23H2,1-2H3/t16-/m1/s1. The number of carbonyl (C=O) groups excluding carboxylic acids is 1. The number of carbonyl (C=O) groups is 1. The van der Waals surface area contributed by atoms with Crippen LogP contribution in [0.1, 0.15) is 46.7 Å². The first-order chi connectivity index (χ1) is 13.4. The van der Waals surface area contributed by atoms with Gasteiger partial charge in [-0.3, -0.25) is 4.79 Å². The molecule has 4 rings (SSSR count). The number of hydrogen-bond acceptors (Lipinski definition) is 5. The predicted octanol–water partition coefficient (Wildman–Crippen LogP) is 2.57. The molecule has 0 unspecified atom stereocenters. The SMILES string of the molecule is Cc1nc(C(=O)N(Cc2ccccc2F)C2CC2)nc(N2CC[C@@H](N)C2)c1C. The van der Waals surface area contributed by atoms with Crippen molar-refractivity contribution < 1.29 is 9.18 Å². The summed E-state index contributed by atoms with van der Waals surface area (Å²) in [5.41, 5.74) is 8.32. The summed E-state index contributed by atoms with van der Waals surface area (Å²) >= 11 is 0. The van der Waals surface area contributed by atoms with Gasteiger partial charge in [0.1, 0.15) is 11.6 Å².